The van der Waals surface area contributed by atoms with Gasteiger partial charge in [0.1, 0.15) is 0 Å². The summed E-state index contributed by atoms with van der Waals surface area (Å²) in [5.41, 5.74) is 2.88. The molecule has 1 heterocycles. The molecule has 0 bridgehead atoms. The van der Waals surface area contributed by atoms with Crippen molar-refractivity contribution in [2.75, 3.05) is 0 Å². The standard InChI is InChI=1S/C15H21N.ClH/c1-10-3-5-12(6-4-10)14-9-15(13-7-8-13)16-11(14)2;/h3-6,11,13-16H,7-9H2,1-2H3;1H. The normalized spacial score (nSPS) is 32.2. The highest BCUT2D eigenvalue weighted by Crippen LogP contribution is 2.41. The molecule has 2 heteroatoms. The SMILES string of the molecule is Cc1ccc(C2CC(C3CC3)NC2C)cc1.Cl. The summed E-state index contributed by atoms with van der Waals surface area (Å²) < 4.78 is 0. The van der Waals surface area contributed by atoms with Crippen LogP contribution in [0.15, 0.2) is 24.3 Å². The molecular weight excluding hydrogens is 230 g/mol. The minimum absolute atomic E-state index is 0. The van der Waals surface area contributed by atoms with Crippen LogP contribution in [0.25, 0.3) is 0 Å². The van der Waals surface area contributed by atoms with Gasteiger partial charge >= 0.3 is 0 Å². The Morgan fingerprint density at radius 1 is 1.12 bits per heavy atom. The smallest absolute Gasteiger partial charge is 0.0111 e. The van der Waals surface area contributed by atoms with E-state index in [9.17, 15) is 0 Å². The van der Waals surface area contributed by atoms with E-state index in [1.165, 1.54) is 30.4 Å². The van der Waals surface area contributed by atoms with E-state index in [4.69, 9.17) is 0 Å². The van der Waals surface area contributed by atoms with Crippen LogP contribution in [-0.2, 0) is 0 Å². The molecule has 1 aliphatic heterocycles. The quantitative estimate of drug-likeness (QED) is 0.846. The molecule has 1 aliphatic carbocycles. The lowest BCUT2D eigenvalue weighted by Gasteiger charge is -2.15. The molecule has 0 amide bonds. The maximum Gasteiger partial charge on any atom is 0.0111 e. The van der Waals surface area contributed by atoms with Crippen molar-refractivity contribution in [3.63, 3.8) is 0 Å². The topological polar surface area (TPSA) is 12.0 Å². The largest absolute Gasteiger partial charge is 0.311 e. The number of nitrogens with one attached hydrogen (secondary N) is 1. The first-order valence-corrected chi connectivity index (χ1v) is 6.56. The van der Waals surface area contributed by atoms with E-state index in [0.717, 1.165) is 17.9 Å². The molecule has 1 aromatic rings. The second-order valence-electron chi connectivity index (χ2n) is 5.65. The summed E-state index contributed by atoms with van der Waals surface area (Å²) in [4.78, 5) is 0. The molecule has 1 aromatic carbocycles. The van der Waals surface area contributed by atoms with Crippen LogP contribution in [-0.4, -0.2) is 12.1 Å². The van der Waals surface area contributed by atoms with Crippen LogP contribution in [0.4, 0.5) is 0 Å². The Morgan fingerprint density at radius 2 is 1.76 bits per heavy atom. The molecule has 2 aliphatic rings. The highest BCUT2D eigenvalue weighted by molar-refractivity contribution is 5.85. The summed E-state index contributed by atoms with van der Waals surface area (Å²) in [5, 5.41) is 3.78. The molecule has 1 nitrogen and oxygen atoms in total. The van der Waals surface area contributed by atoms with Gasteiger partial charge in [0.15, 0.2) is 0 Å². The third kappa shape index (κ3) is 2.66. The zero-order chi connectivity index (χ0) is 11.1. The Kier molecular flexibility index (Phi) is 3.79. The highest BCUT2D eigenvalue weighted by Gasteiger charge is 2.40. The van der Waals surface area contributed by atoms with Gasteiger partial charge in [-0.2, -0.15) is 0 Å². The Hall–Kier alpha value is -0.530. The molecule has 94 valence electrons. The number of hydrogen-bond acceptors (Lipinski definition) is 1. The summed E-state index contributed by atoms with van der Waals surface area (Å²) in [6.07, 6.45) is 4.24. The van der Waals surface area contributed by atoms with Gasteiger partial charge in [0.2, 0.25) is 0 Å². The van der Waals surface area contributed by atoms with Gasteiger partial charge in [0, 0.05) is 18.0 Å². The maximum atomic E-state index is 3.78. The van der Waals surface area contributed by atoms with Gasteiger partial charge in [-0.15, -0.1) is 12.4 Å². The van der Waals surface area contributed by atoms with Gasteiger partial charge < -0.3 is 5.32 Å². The van der Waals surface area contributed by atoms with E-state index >= 15 is 0 Å². The van der Waals surface area contributed by atoms with Crippen LogP contribution in [0.2, 0.25) is 0 Å². The second kappa shape index (κ2) is 4.99. The van der Waals surface area contributed by atoms with Crippen LogP contribution in [0.5, 0.6) is 0 Å². The molecule has 0 aromatic heterocycles. The lowest BCUT2D eigenvalue weighted by Crippen LogP contribution is -2.29. The molecular formula is C15H22ClN. The molecule has 0 spiro atoms. The van der Waals surface area contributed by atoms with Gasteiger partial charge in [0.25, 0.3) is 0 Å². The molecule has 2 fully saturated rings. The van der Waals surface area contributed by atoms with Crippen LogP contribution >= 0.6 is 12.4 Å². The van der Waals surface area contributed by atoms with Gasteiger partial charge in [-0.3, -0.25) is 0 Å². The van der Waals surface area contributed by atoms with E-state index in [2.05, 4.69) is 43.4 Å². The Morgan fingerprint density at radius 3 is 2.35 bits per heavy atom. The molecule has 1 saturated carbocycles. The summed E-state index contributed by atoms with van der Waals surface area (Å²) in [6, 6.07) is 10.6. The van der Waals surface area contributed by atoms with E-state index in [1.807, 2.05) is 0 Å². The number of halogens is 1. The van der Waals surface area contributed by atoms with Crippen molar-refractivity contribution in [1.29, 1.82) is 0 Å². The molecule has 3 atom stereocenters. The third-order valence-corrected chi connectivity index (χ3v) is 4.28. The van der Waals surface area contributed by atoms with Crippen LogP contribution in [0.3, 0.4) is 0 Å². The van der Waals surface area contributed by atoms with E-state index in [1.54, 1.807) is 0 Å². The predicted octanol–water partition coefficient (Wildman–Crippen LogP) is 3.66. The highest BCUT2D eigenvalue weighted by atomic mass is 35.5. The fourth-order valence-corrected chi connectivity index (χ4v) is 3.07. The van der Waals surface area contributed by atoms with E-state index in [-0.39, 0.29) is 12.4 Å². The molecule has 0 radical (unpaired) electrons. The number of hydrogen-bond donors (Lipinski definition) is 1. The average Bonchev–Trinajstić information content (AvgIpc) is 3.04. The maximum absolute atomic E-state index is 3.78. The van der Waals surface area contributed by atoms with Crippen molar-refractivity contribution >= 4 is 12.4 Å². The molecule has 1 saturated heterocycles. The van der Waals surface area contributed by atoms with Crippen molar-refractivity contribution in [1.82, 2.24) is 5.32 Å². The van der Waals surface area contributed by atoms with E-state index < -0.39 is 0 Å². The third-order valence-electron chi connectivity index (χ3n) is 4.28. The minimum Gasteiger partial charge on any atom is -0.311 e. The van der Waals surface area contributed by atoms with Gasteiger partial charge in [0.05, 0.1) is 0 Å². The first-order chi connectivity index (χ1) is 7.74. The lowest BCUT2D eigenvalue weighted by molar-refractivity contribution is 0.509. The van der Waals surface area contributed by atoms with Crippen LogP contribution in [0.1, 0.15) is 43.2 Å². The number of benzene rings is 1. The summed E-state index contributed by atoms with van der Waals surface area (Å²) in [7, 11) is 0. The van der Waals surface area contributed by atoms with E-state index in [0.29, 0.717) is 6.04 Å². The first kappa shape index (κ1) is 12.9. The first-order valence-electron chi connectivity index (χ1n) is 6.56. The summed E-state index contributed by atoms with van der Waals surface area (Å²) in [6.45, 7) is 4.50. The zero-order valence-corrected chi connectivity index (χ0v) is 11.5. The summed E-state index contributed by atoms with van der Waals surface area (Å²) >= 11 is 0. The van der Waals surface area contributed by atoms with Gasteiger partial charge in [-0.25, -0.2) is 0 Å². The van der Waals surface area contributed by atoms with Crippen molar-refractivity contribution in [3.05, 3.63) is 35.4 Å². The van der Waals surface area contributed by atoms with Crippen molar-refractivity contribution < 1.29 is 0 Å². The molecule has 3 unspecified atom stereocenters. The monoisotopic (exact) mass is 251 g/mol. The lowest BCUT2D eigenvalue weighted by atomic mass is 9.90. The number of rotatable bonds is 2. The minimum atomic E-state index is 0. The van der Waals surface area contributed by atoms with Crippen molar-refractivity contribution in [3.8, 4) is 0 Å². The summed E-state index contributed by atoms with van der Waals surface area (Å²) in [5.74, 6) is 1.71. The van der Waals surface area contributed by atoms with Crippen molar-refractivity contribution in [2.45, 2.75) is 51.1 Å². The van der Waals surface area contributed by atoms with Crippen molar-refractivity contribution in [2.24, 2.45) is 5.92 Å². The molecule has 1 N–H and O–H groups in total. The van der Waals surface area contributed by atoms with Crippen LogP contribution < -0.4 is 5.32 Å². The molecule has 17 heavy (non-hydrogen) atoms. The Bertz CT molecular complexity index is 369. The predicted molar refractivity (Wildman–Crippen MR) is 74.9 cm³/mol. The average molecular weight is 252 g/mol. The second-order valence-corrected chi connectivity index (χ2v) is 5.65. The Labute approximate surface area is 110 Å². The van der Waals surface area contributed by atoms with Crippen LogP contribution in [0, 0.1) is 12.8 Å². The molecule has 3 rings (SSSR count). The van der Waals surface area contributed by atoms with Gasteiger partial charge in [-0.05, 0) is 44.6 Å². The zero-order valence-electron chi connectivity index (χ0n) is 10.6. The Balaban J connectivity index is 0.00000108. The fourth-order valence-electron chi connectivity index (χ4n) is 3.07. The van der Waals surface area contributed by atoms with Gasteiger partial charge in [-0.1, -0.05) is 29.8 Å². The fraction of sp³-hybridized carbons (Fsp3) is 0.600. The number of aryl methyl sites for hydroxylation is 1.